The fourth-order valence-electron chi connectivity index (χ4n) is 3.15. The summed E-state index contributed by atoms with van der Waals surface area (Å²) in [7, 11) is 3.54. The van der Waals surface area contributed by atoms with Gasteiger partial charge in [-0.1, -0.05) is 54.6 Å². The van der Waals surface area contributed by atoms with Crippen molar-refractivity contribution in [2.24, 2.45) is 5.92 Å². The highest BCUT2D eigenvalue weighted by Crippen LogP contribution is 2.27. The lowest BCUT2D eigenvalue weighted by atomic mass is 9.93. The molecule has 0 aliphatic heterocycles. The van der Waals surface area contributed by atoms with E-state index >= 15 is 0 Å². The summed E-state index contributed by atoms with van der Waals surface area (Å²) in [4.78, 5) is 14.3. The number of benzene rings is 2. The summed E-state index contributed by atoms with van der Waals surface area (Å²) in [6.45, 7) is 1.42. The maximum Gasteiger partial charge on any atom is 0.246 e. The van der Waals surface area contributed by atoms with Crippen LogP contribution >= 0.6 is 0 Å². The van der Waals surface area contributed by atoms with Gasteiger partial charge in [0.05, 0.1) is 6.10 Å². The molecule has 29 heavy (non-hydrogen) atoms. The largest absolute Gasteiger partial charge is 0.377 e. The zero-order valence-corrected chi connectivity index (χ0v) is 16.9. The molecule has 0 aliphatic carbocycles. The van der Waals surface area contributed by atoms with E-state index in [0.717, 1.165) is 17.7 Å². The van der Waals surface area contributed by atoms with Gasteiger partial charge in [-0.3, -0.25) is 10.0 Å². The number of hydrogen-bond acceptors (Lipinski definition) is 4. The predicted octanol–water partition coefficient (Wildman–Crippen LogP) is 4.06. The number of methoxy groups -OCH3 is 1. The number of halogens is 1. The molecule has 5 nitrogen and oxygen atoms in total. The second kappa shape index (κ2) is 12.1. The third-order valence-corrected chi connectivity index (χ3v) is 4.89. The zero-order valence-electron chi connectivity index (χ0n) is 16.9. The maximum atomic E-state index is 13.2. The molecule has 0 heterocycles. The average molecular weight is 400 g/mol. The van der Waals surface area contributed by atoms with Gasteiger partial charge in [-0.15, -0.1) is 0 Å². The van der Waals surface area contributed by atoms with Crippen LogP contribution in [0.5, 0.6) is 0 Å². The van der Waals surface area contributed by atoms with Crippen molar-refractivity contribution in [3.63, 3.8) is 0 Å². The van der Waals surface area contributed by atoms with Gasteiger partial charge in [0.1, 0.15) is 5.82 Å². The van der Waals surface area contributed by atoms with Crippen LogP contribution < -0.4 is 5.48 Å². The Morgan fingerprint density at radius 2 is 1.90 bits per heavy atom. The SMILES string of the molecule is CO[C@H](C[C@H](CCN(C)CC=Cc1ccccc1)C(=O)NO)c1ccc(F)cc1. The molecule has 0 unspecified atom stereocenters. The van der Waals surface area contributed by atoms with Crippen molar-refractivity contribution in [1.29, 1.82) is 0 Å². The molecule has 0 saturated heterocycles. The normalized spacial score (nSPS) is 13.6. The number of nitrogens with zero attached hydrogens (tertiary/aromatic N) is 1. The predicted molar refractivity (Wildman–Crippen MR) is 112 cm³/mol. The first kappa shape index (κ1) is 22.7. The van der Waals surface area contributed by atoms with Crippen LogP contribution in [0.15, 0.2) is 60.7 Å². The first-order chi connectivity index (χ1) is 14.0. The Morgan fingerprint density at radius 1 is 1.21 bits per heavy atom. The van der Waals surface area contributed by atoms with E-state index in [1.807, 2.05) is 37.4 Å². The molecular formula is C23H29FN2O3. The lowest BCUT2D eigenvalue weighted by Gasteiger charge is -2.23. The molecule has 2 N–H and O–H groups in total. The summed E-state index contributed by atoms with van der Waals surface area (Å²) in [6.07, 6.45) is 4.73. The van der Waals surface area contributed by atoms with Crippen molar-refractivity contribution in [3.05, 3.63) is 77.6 Å². The van der Waals surface area contributed by atoms with E-state index in [0.29, 0.717) is 19.4 Å². The molecule has 0 saturated carbocycles. The molecule has 2 aromatic rings. The molecule has 2 rings (SSSR count). The van der Waals surface area contributed by atoms with Gasteiger partial charge in [-0.2, -0.15) is 0 Å². The monoisotopic (exact) mass is 400 g/mol. The fraction of sp³-hybridized carbons (Fsp3) is 0.348. The maximum absolute atomic E-state index is 13.2. The van der Waals surface area contributed by atoms with Gasteiger partial charge in [-0.05, 0) is 49.7 Å². The highest BCUT2D eigenvalue weighted by atomic mass is 19.1. The molecule has 6 heteroatoms. The molecule has 1 amide bonds. The first-order valence-corrected chi connectivity index (χ1v) is 9.65. The molecule has 0 spiro atoms. The summed E-state index contributed by atoms with van der Waals surface area (Å²) in [5.74, 6) is -1.20. The molecule has 0 aromatic heterocycles. The molecule has 0 bridgehead atoms. The average Bonchev–Trinajstić information content (AvgIpc) is 2.75. The quantitative estimate of drug-likeness (QED) is 0.441. The Labute approximate surface area is 171 Å². The number of carbonyl (C=O) groups is 1. The Hall–Kier alpha value is -2.54. The zero-order chi connectivity index (χ0) is 21.1. The molecular weight excluding hydrogens is 371 g/mol. The second-order valence-electron chi connectivity index (χ2n) is 7.05. The van der Waals surface area contributed by atoms with Crippen LogP contribution in [-0.4, -0.2) is 43.3 Å². The fourth-order valence-corrected chi connectivity index (χ4v) is 3.15. The number of hydroxylamine groups is 1. The van der Waals surface area contributed by atoms with E-state index in [1.54, 1.807) is 24.7 Å². The van der Waals surface area contributed by atoms with Gasteiger partial charge in [0, 0.05) is 19.6 Å². The van der Waals surface area contributed by atoms with E-state index < -0.39 is 11.8 Å². The van der Waals surface area contributed by atoms with Crippen LogP contribution in [0, 0.1) is 11.7 Å². The van der Waals surface area contributed by atoms with E-state index in [-0.39, 0.29) is 11.9 Å². The van der Waals surface area contributed by atoms with Crippen LogP contribution in [0.3, 0.4) is 0 Å². The number of hydrogen-bond donors (Lipinski definition) is 2. The van der Waals surface area contributed by atoms with Crippen molar-refractivity contribution in [2.75, 3.05) is 27.2 Å². The Morgan fingerprint density at radius 3 is 2.52 bits per heavy atom. The summed E-state index contributed by atoms with van der Waals surface area (Å²) in [5, 5.41) is 9.12. The standard InChI is InChI=1S/C23H29FN2O3/c1-26(15-6-9-18-7-4-3-5-8-18)16-14-20(23(27)25-28)17-22(29-2)19-10-12-21(24)13-11-19/h3-13,20,22,28H,14-17H2,1-2H3,(H,25,27)/t20-,22+/m0/s1. The molecule has 2 atom stereocenters. The Kier molecular flexibility index (Phi) is 9.50. The summed E-state index contributed by atoms with van der Waals surface area (Å²) >= 11 is 0. The lowest BCUT2D eigenvalue weighted by molar-refractivity contribution is -0.135. The van der Waals surface area contributed by atoms with E-state index in [1.165, 1.54) is 12.1 Å². The third-order valence-electron chi connectivity index (χ3n) is 4.89. The number of rotatable bonds is 11. The van der Waals surface area contributed by atoms with Gasteiger partial charge < -0.3 is 9.64 Å². The van der Waals surface area contributed by atoms with Gasteiger partial charge in [-0.25, -0.2) is 9.87 Å². The number of amides is 1. The molecule has 0 aliphatic rings. The second-order valence-corrected chi connectivity index (χ2v) is 7.05. The highest BCUT2D eigenvalue weighted by Gasteiger charge is 2.24. The van der Waals surface area contributed by atoms with E-state index in [2.05, 4.69) is 17.1 Å². The number of carbonyl (C=O) groups excluding carboxylic acids is 1. The summed E-state index contributed by atoms with van der Waals surface area (Å²) in [5.41, 5.74) is 3.69. The van der Waals surface area contributed by atoms with Crippen LogP contribution in [0.4, 0.5) is 4.39 Å². The Balaban J connectivity index is 1.91. The minimum absolute atomic E-state index is 0.321. The van der Waals surface area contributed by atoms with Crippen LogP contribution in [0.1, 0.15) is 30.1 Å². The molecule has 0 radical (unpaired) electrons. The summed E-state index contributed by atoms with van der Waals surface area (Å²) in [6, 6.07) is 16.1. The van der Waals surface area contributed by atoms with Gasteiger partial charge in [0.2, 0.25) is 5.91 Å². The highest BCUT2D eigenvalue weighted by molar-refractivity contribution is 5.77. The Bertz CT molecular complexity index is 765. The lowest BCUT2D eigenvalue weighted by Crippen LogP contribution is -2.32. The smallest absolute Gasteiger partial charge is 0.246 e. The minimum atomic E-state index is -0.442. The number of nitrogens with one attached hydrogen (secondary N) is 1. The minimum Gasteiger partial charge on any atom is -0.377 e. The van der Waals surface area contributed by atoms with Gasteiger partial charge in [0.25, 0.3) is 0 Å². The third kappa shape index (κ3) is 7.77. The number of likely N-dealkylation sites (N-methyl/N-ethyl adjacent to an activating group) is 1. The van der Waals surface area contributed by atoms with Crippen molar-refractivity contribution in [3.8, 4) is 0 Å². The van der Waals surface area contributed by atoms with E-state index in [9.17, 15) is 9.18 Å². The van der Waals surface area contributed by atoms with Crippen LogP contribution in [-0.2, 0) is 9.53 Å². The molecule has 156 valence electrons. The van der Waals surface area contributed by atoms with Crippen molar-refractivity contribution in [1.82, 2.24) is 10.4 Å². The first-order valence-electron chi connectivity index (χ1n) is 9.65. The summed E-state index contributed by atoms with van der Waals surface area (Å²) < 4.78 is 18.7. The van der Waals surface area contributed by atoms with Crippen molar-refractivity contribution < 1.29 is 19.1 Å². The molecule has 2 aromatic carbocycles. The van der Waals surface area contributed by atoms with Crippen molar-refractivity contribution >= 4 is 12.0 Å². The molecule has 0 fully saturated rings. The van der Waals surface area contributed by atoms with Gasteiger partial charge in [0.15, 0.2) is 0 Å². The van der Waals surface area contributed by atoms with Crippen LogP contribution in [0.25, 0.3) is 6.08 Å². The topological polar surface area (TPSA) is 61.8 Å². The van der Waals surface area contributed by atoms with Gasteiger partial charge >= 0.3 is 0 Å². The van der Waals surface area contributed by atoms with E-state index in [4.69, 9.17) is 9.94 Å². The number of ether oxygens (including phenoxy) is 1. The van der Waals surface area contributed by atoms with Crippen molar-refractivity contribution in [2.45, 2.75) is 18.9 Å². The van der Waals surface area contributed by atoms with Crippen LogP contribution in [0.2, 0.25) is 0 Å².